The van der Waals surface area contributed by atoms with Gasteiger partial charge in [-0.2, -0.15) is 4.68 Å². The van der Waals surface area contributed by atoms with Gasteiger partial charge in [0.05, 0.1) is 24.3 Å². The summed E-state index contributed by atoms with van der Waals surface area (Å²) >= 11 is 6.06. The van der Waals surface area contributed by atoms with Crippen LogP contribution in [0.25, 0.3) is 5.69 Å². The smallest absolute Gasteiger partial charge is 0.310 e. The molecule has 1 aromatic carbocycles. The molecule has 166 valence electrons. The van der Waals surface area contributed by atoms with E-state index in [1.165, 1.54) is 0 Å². The van der Waals surface area contributed by atoms with E-state index in [9.17, 15) is 14.7 Å². The summed E-state index contributed by atoms with van der Waals surface area (Å²) in [5.41, 5.74) is -0.867. The number of fused-ring (bicyclic) bond motifs is 1. The zero-order valence-electron chi connectivity index (χ0n) is 17.2. The van der Waals surface area contributed by atoms with Crippen molar-refractivity contribution in [2.75, 3.05) is 6.54 Å². The minimum absolute atomic E-state index is 0.184. The number of hydrogen-bond donors (Lipinski definition) is 1. The van der Waals surface area contributed by atoms with Gasteiger partial charge in [0.1, 0.15) is 17.1 Å². The number of carboxylic acids is 1. The molecular formula is C22H22ClN5O4. The highest BCUT2D eigenvalue weighted by Gasteiger charge is 2.69. The van der Waals surface area contributed by atoms with E-state index >= 15 is 0 Å². The molecule has 3 fully saturated rings. The van der Waals surface area contributed by atoms with Crippen molar-refractivity contribution < 1.29 is 19.4 Å². The van der Waals surface area contributed by atoms with Crippen LogP contribution in [-0.2, 0) is 19.9 Å². The van der Waals surface area contributed by atoms with Crippen molar-refractivity contribution in [2.45, 2.75) is 49.3 Å². The Morgan fingerprint density at radius 3 is 2.66 bits per heavy atom. The third-order valence-corrected chi connectivity index (χ3v) is 7.79. The number of aromatic nitrogens is 4. The van der Waals surface area contributed by atoms with Gasteiger partial charge >= 0.3 is 5.97 Å². The van der Waals surface area contributed by atoms with Gasteiger partial charge in [0, 0.05) is 5.02 Å². The third-order valence-electron chi connectivity index (χ3n) is 7.54. The second kappa shape index (κ2) is 6.86. The Balaban J connectivity index is 1.46. The maximum Gasteiger partial charge on any atom is 0.310 e. The molecule has 1 spiro atoms. The maximum absolute atomic E-state index is 13.8. The number of benzene rings is 1. The molecule has 1 amide bonds. The number of likely N-dealkylation sites (tertiary alicyclic amines) is 1. The van der Waals surface area contributed by atoms with Crippen molar-refractivity contribution in [1.29, 1.82) is 0 Å². The molecule has 32 heavy (non-hydrogen) atoms. The highest BCUT2D eigenvalue weighted by molar-refractivity contribution is 6.30. The summed E-state index contributed by atoms with van der Waals surface area (Å²) in [6, 6.07) is 7.22. The number of ether oxygens (including phenoxy) is 1. The fourth-order valence-corrected chi connectivity index (χ4v) is 6.25. The number of aliphatic carboxylic acids is 1. The average Bonchev–Trinajstić information content (AvgIpc) is 3.56. The molecule has 0 radical (unpaired) electrons. The number of carbonyl (C=O) groups is 2. The lowest BCUT2D eigenvalue weighted by Crippen LogP contribution is -2.52. The summed E-state index contributed by atoms with van der Waals surface area (Å²) < 4.78 is 7.78. The van der Waals surface area contributed by atoms with Crippen molar-refractivity contribution in [3.05, 3.63) is 47.3 Å². The number of amides is 1. The van der Waals surface area contributed by atoms with Crippen LogP contribution in [0.2, 0.25) is 5.02 Å². The molecule has 0 unspecified atom stereocenters. The Kier molecular flexibility index (Phi) is 4.26. The molecule has 4 atom stereocenters. The SMILES string of the molecule is O=C(O)[C@@H]1[C@H]2C=C[C@@]3(CN(C4(c5nnnn5-c5ccc(Cl)cc5)CCCCC4)C(=O)[C@@H]13)O2. The first-order valence-corrected chi connectivity index (χ1v) is 11.3. The van der Waals surface area contributed by atoms with Crippen LogP contribution in [0.4, 0.5) is 0 Å². The van der Waals surface area contributed by atoms with Gasteiger partial charge in [0.25, 0.3) is 0 Å². The summed E-state index contributed by atoms with van der Waals surface area (Å²) in [5, 5.41) is 23.0. The van der Waals surface area contributed by atoms with Crippen molar-refractivity contribution >= 4 is 23.5 Å². The van der Waals surface area contributed by atoms with E-state index in [2.05, 4.69) is 15.5 Å². The summed E-state index contributed by atoms with van der Waals surface area (Å²) in [5.74, 6) is -2.18. The van der Waals surface area contributed by atoms with E-state index < -0.39 is 35.0 Å². The molecule has 1 saturated carbocycles. The first-order chi connectivity index (χ1) is 15.5. The van der Waals surface area contributed by atoms with Gasteiger partial charge in [-0.25, -0.2) is 0 Å². The Morgan fingerprint density at radius 1 is 1.19 bits per heavy atom. The normalized spacial score (nSPS) is 32.5. The van der Waals surface area contributed by atoms with Crippen LogP contribution in [0.15, 0.2) is 36.4 Å². The van der Waals surface area contributed by atoms with Crippen molar-refractivity contribution in [1.82, 2.24) is 25.1 Å². The number of rotatable bonds is 4. The molecule has 3 aliphatic heterocycles. The van der Waals surface area contributed by atoms with Crippen molar-refractivity contribution in [3.63, 3.8) is 0 Å². The lowest BCUT2D eigenvalue weighted by Gasteiger charge is -2.44. The number of carboxylic acid groups (broad SMARTS) is 1. The minimum atomic E-state index is -0.995. The molecule has 10 heteroatoms. The summed E-state index contributed by atoms with van der Waals surface area (Å²) in [7, 11) is 0. The van der Waals surface area contributed by atoms with Gasteiger partial charge < -0.3 is 14.7 Å². The predicted molar refractivity (Wildman–Crippen MR) is 112 cm³/mol. The van der Waals surface area contributed by atoms with Crippen LogP contribution < -0.4 is 0 Å². The van der Waals surface area contributed by atoms with Gasteiger partial charge in [-0.3, -0.25) is 9.59 Å². The molecule has 6 rings (SSSR count). The Labute approximate surface area is 189 Å². The fraction of sp³-hybridized carbons (Fsp3) is 0.500. The van der Waals surface area contributed by atoms with Crippen LogP contribution >= 0.6 is 11.6 Å². The quantitative estimate of drug-likeness (QED) is 0.704. The van der Waals surface area contributed by atoms with Crippen LogP contribution in [0.5, 0.6) is 0 Å². The zero-order chi connectivity index (χ0) is 22.1. The van der Waals surface area contributed by atoms with Gasteiger partial charge in [0.2, 0.25) is 5.91 Å². The number of hydrogen-bond acceptors (Lipinski definition) is 6. The molecule has 2 bridgehead atoms. The van der Waals surface area contributed by atoms with E-state index in [0.717, 1.165) is 24.9 Å². The van der Waals surface area contributed by atoms with Gasteiger partial charge in [0.15, 0.2) is 5.82 Å². The number of carbonyl (C=O) groups excluding carboxylic acids is 1. The lowest BCUT2D eigenvalue weighted by molar-refractivity contribution is -0.150. The largest absolute Gasteiger partial charge is 0.481 e. The standard InChI is InChI=1S/C22H22ClN5O4/c23-13-4-6-14(7-5-13)28-20(24-25-26-28)21(9-2-1-3-10-21)27-12-22-11-8-15(32-22)16(19(30)31)17(22)18(27)29/h4-8,11,15-17H,1-3,9-10,12H2,(H,30,31)/t15-,16-,17-,22+/m1/s1. The first-order valence-electron chi connectivity index (χ1n) is 10.9. The average molecular weight is 456 g/mol. The van der Waals surface area contributed by atoms with Crippen LogP contribution in [-0.4, -0.2) is 60.3 Å². The Hall–Kier alpha value is -2.78. The second-order valence-electron chi connectivity index (χ2n) is 9.15. The summed E-state index contributed by atoms with van der Waals surface area (Å²) in [6.45, 7) is 0.306. The van der Waals surface area contributed by atoms with Crippen LogP contribution in [0.3, 0.4) is 0 Å². The highest BCUT2D eigenvalue weighted by Crippen LogP contribution is 2.56. The maximum atomic E-state index is 13.8. The fourth-order valence-electron chi connectivity index (χ4n) is 6.13. The number of halogens is 1. The van der Waals surface area contributed by atoms with Crippen molar-refractivity contribution in [3.8, 4) is 5.69 Å². The van der Waals surface area contributed by atoms with E-state index in [4.69, 9.17) is 16.3 Å². The van der Waals surface area contributed by atoms with Gasteiger partial charge in [-0.15, -0.1) is 5.10 Å². The molecule has 2 saturated heterocycles. The van der Waals surface area contributed by atoms with Crippen LogP contribution in [0.1, 0.15) is 37.9 Å². The summed E-state index contributed by atoms with van der Waals surface area (Å²) in [4.78, 5) is 27.7. The molecule has 2 aromatic rings. The number of nitrogens with zero attached hydrogens (tertiary/aromatic N) is 5. The summed E-state index contributed by atoms with van der Waals surface area (Å²) in [6.07, 6.45) is 7.46. The molecule has 1 N–H and O–H groups in total. The van der Waals surface area contributed by atoms with Crippen molar-refractivity contribution in [2.24, 2.45) is 11.8 Å². The van der Waals surface area contributed by atoms with E-state index in [-0.39, 0.29) is 5.91 Å². The molecule has 1 aliphatic carbocycles. The van der Waals surface area contributed by atoms with E-state index in [1.54, 1.807) is 22.9 Å². The molecular weight excluding hydrogens is 434 g/mol. The van der Waals surface area contributed by atoms with Gasteiger partial charge in [-0.1, -0.05) is 43.0 Å². The van der Waals surface area contributed by atoms with Gasteiger partial charge in [-0.05, 0) is 47.5 Å². The Morgan fingerprint density at radius 2 is 1.94 bits per heavy atom. The molecule has 1 aromatic heterocycles. The molecule has 4 aliphatic rings. The molecule has 4 heterocycles. The predicted octanol–water partition coefficient (Wildman–Crippen LogP) is 2.34. The molecule has 9 nitrogen and oxygen atoms in total. The highest BCUT2D eigenvalue weighted by atomic mass is 35.5. The lowest BCUT2D eigenvalue weighted by atomic mass is 9.77. The monoisotopic (exact) mass is 455 g/mol. The third kappa shape index (κ3) is 2.58. The van der Waals surface area contributed by atoms with E-state index in [0.29, 0.717) is 30.2 Å². The topological polar surface area (TPSA) is 110 Å². The van der Waals surface area contributed by atoms with Crippen LogP contribution in [0, 0.1) is 11.8 Å². The minimum Gasteiger partial charge on any atom is -0.481 e. The second-order valence-corrected chi connectivity index (χ2v) is 9.58. The van der Waals surface area contributed by atoms with E-state index in [1.807, 2.05) is 23.1 Å². The Bertz CT molecular complexity index is 1130. The first kappa shape index (κ1) is 19.9. The number of tetrazole rings is 1. The zero-order valence-corrected chi connectivity index (χ0v) is 18.0.